The number of amides is 1. The van der Waals surface area contributed by atoms with Crippen molar-refractivity contribution < 1.29 is 13.6 Å². The fraction of sp³-hybridized carbons (Fsp3) is 0. The third-order valence-corrected chi connectivity index (χ3v) is 4.12. The Bertz CT molecular complexity index is 1140. The van der Waals surface area contributed by atoms with Crippen molar-refractivity contribution in [2.45, 2.75) is 0 Å². The van der Waals surface area contributed by atoms with Crippen LogP contribution in [0.15, 0.2) is 48.8 Å². The van der Waals surface area contributed by atoms with E-state index in [9.17, 15) is 13.6 Å². The summed E-state index contributed by atoms with van der Waals surface area (Å²) in [5.74, 6) is -2.66. The highest BCUT2D eigenvalue weighted by Crippen LogP contribution is 2.33. The van der Waals surface area contributed by atoms with Crippen LogP contribution < -0.4 is 5.32 Å². The molecule has 0 aliphatic heterocycles. The van der Waals surface area contributed by atoms with Crippen molar-refractivity contribution in [3.63, 3.8) is 0 Å². The van der Waals surface area contributed by atoms with Crippen molar-refractivity contribution in [3.05, 3.63) is 71.0 Å². The monoisotopic (exact) mass is 357 g/mol. The number of hydrogen-bond donors (Lipinski definition) is 2. The van der Waals surface area contributed by atoms with Crippen LogP contribution in [0.25, 0.3) is 21.8 Å². The van der Waals surface area contributed by atoms with Gasteiger partial charge in [-0.15, -0.1) is 0 Å². The summed E-state index contributed by atoms with van der Waals surface area (Å²) in [6.07, 6.45) is 3.33. The number of aromatic nitrogens is 2. The van der Waals surface area contributed by atoms with Gasteiger partial charge in [-0.1, -0.05) is 11.6 Å². The molecule has 0 bridgehead atoms. The van der Waals surface area contributed by atoms with E-state index in [1.807, 2.05) is 6.07 Å². The van der Waals surface area contributed by atoms with Crippen LogP contribution in [-0.4, -0.2) is 15.9 Å². The van der Waals surface area contributed by atoms with Crippen molar-refractivity contribution in [2.75, 3.05) is 5.32 Å². The average Bonchev–Trinajstić information content (AvgIpc) is 2.96. The molecule has 7 heteroatoms. The summed E-state index contributed by atoms with van der Waals surface area (Å²) in [6, 6.07) is 8.18. The molecule has 0 fully saturated rings. The van der Waals surface area contributed by atoms with E-state index >= 15 is 0 Å². The molecule has 2 aromatic heterocycles. The van der Waals surface area contributed by atoms with Crippen LogP contribution in [-0.2, 0) is 0 Å². The number of benzene rings is 2. The van der Waals surface area contributed by atoms with Gasteiger partial charge < -0.3 is 10.3 Å². The molecule has 0 aliphatic carbocycles. The van der Waals surface area contributed by atoms with Gasteiger partial charge in [0, 0.05) is 27.6 Å². The third-order valence-electron chi connectivity index (χ3n) is 3.90. The number of H-pyrrole nitrogens is 1. The van der Waals surface area contributed by atoms with Crippen molar-refractivity contribution >= 4 is 45.0 Å². The number of carbonyl (C=O) groups excluding carboxylic acids is 1. The Morgan fingerprint density at radius 3 is 2.72 bits per heavy atom. The summed E-state index contributed by atoms with van der Waals surface area (Å²) < 4.78 is 26.4. The molecule has 4 rings (SSSR count). The van der Waals surface area contributed by atoms with Gasteiger partial charge in [0.2, 0.25) is 0 Å². The van der Waals surface area contributed by atoms with E-state index in [-0.39, 0.29) is 5.56 Å². The van der Waals surface area contributed by atoms with Gasteiger partial charge in [-0.2, -0.15) is 0 Å². The molecule has 25 heavy (non-hydrogen) atoms. The second kappa shape index (κ2) is 5.82. The number of hydrogen-bond acceptors (Lipinski definition) is 2. The van der Waals surface area contributed by atoms with E-state index in [1.54, 1.807) is 24.5 Å². The van der Waals surface area contributed by atoms with Gasteiger partial charge in [0.15, 0.2) is 11.6 Å². The molecule has 0 unspecified atom stereocenters. The number of halogens is 3. The van der Waals surface area contributed by atoms with Gasteiger partial charge in [-0.3, -0.25) is 9.78 Å². The summed E-state index contributed by atoms with van der Waals surface area (Å²) in [4.78, 5) is 19.6. The number of aromatic amines is 1. The molecular formula is C18H10ClF2N3O. The van der Waals surface area contributed by atoms with Gasteiger partial charge in [0.05, 0.1) is 22.9 Å². The minimum absolute atomic E-state index is 0.00445. The molecule has 2 heterocycles. The summed E-state index contributed by atoms with van der Waals surface area (Å²) in [7, 11) is 0. The third kappa shape index (κ3) is 2.70. The van der Waals surface area contributed by atoms with Crippen LogP contribution in [0.1, 0.15) is 10.4 Å². The van der Waals surface area contributed by atoms with Gasteiger partial charge in [0.1, 0.15) is 0 Å². The van der Waals surface area contributed by atoms with E-state index in [2.05, 4.69) is 15.3 Å². The van der Waals surface area contributed by atoms with E-state index in [0.717, 1.165) is 28.4 Å². The largest absolute Gasteiger partial charge is 0.352 e. The summed E-state index contributed by atoms with van der Waals surface area (Å²) in [6.45, 7) is 0. The Kier molecular flexibility index (Phi) is 3.62. The topological polar surface area (TPSA) is 57.8 Å². The Morgan fingerprint density at radius 1 is 1.08 bits per heavy atom. The fourth-order valence-corrected chi connectivity index (χ4v) is 2.97. The van der Waals surface area contributed by atoms with Gasteiger partial charge in [-0.25, -0.2) is 8.78 Å². The molecule has 0 atom stereocenters. The van der Waals surface area contributed by atoms with Crippen molar-refractivity contribution in [3.8, 4) is 0 Å². The predicted octanol–water partition coefficient (Wildman–Crippen LogP) is 4.90. The number of anilines is 1. The van der Waals surface area contributed by atoms with Crippen LogP contribution in [0.4, 0.5) is 14.5 Å². The number of rotatable bonds is 2. The smallest absolute Gasteiger partial charge is 0.255 e. The molecule has 2 aromatic carbocycles. The predicted molar refractivity (Wildman–Crippen MR) is 92.9 cm³/mol. The van der Waals surface area contributed by atoms with Crippen LogP contribution in [0.3, 0.4) is 0 Å². The molecule has 0 aliphatic rings. The van der Waals surface area contributed by atoms with Crippen molar-refractivity contribution in [1.29, 1.82) is 0 Å². The molecule has 0 radical (unpaired) electrons. The average molecular weight is 358 g/mol. The Labute approximate surface area is 145 Å². The normalized spacial score (nSPS) is 11.2. The minimum atomic E-state index is -1.08. The highest BCUT2D eigenvalue weighted by Gasteiger charge is 2.14. The number of nitrogens with zero attached hydrogens (tertiary/aromatic N) is 1. The lowest BCUT2D eigenvalue weighted by Crippen LogP contribution is -2.12. The highest BCUT2D eigenvalue weighted by molar-refractivity contribution is 6.33. The lowest BCUT2D eigenvalue weighted by molar-refractivity contribution is 0.102. The van der Waals surface area contributed by atoms with Crippen LogP contribution in [0.5, 0.6) is 0 Å². The van der Waals surface area contributed by atoms with Gasteiger partial charge in [0.25, 0.3) is 5.91 Å². The Balaban J connectivity index is 1.80. The summed E-state index contributed by atoms with van der Waals surface area (Å²) in [5.41, 5.74) is 1.91. The molecule has 4 nitrogen and oxygen atoms in total. The van der Waals surface area contributed by atoms with E-state index in [0.29, 0.717) is 16.2 Å². The molecule has 0 spiro atoms. The molecule has 0 saturated carbocycles. The highest BCUT2D eigenvalue weighted by atomic mass is 35.5. The minimum Gasteiger partial charge on any atom is -0.352 e. The maximum atomic E-state index is 13.3. The maximum absolute atomic E-state index is 13.3. The summed E-state index contributed by atoms with van der Waals surface area (Å²) in [5, 5.41) is 4.86. The Morgan fingerprint density at radius 2 is 1.92 bits per heavy atom. The second-order valence-corrected chi connectivity index (χ2v) is 5.94. The molecule has 1 amide bonds. The fourth-order valence-electron chi connectivity index (χ4n) is 2.75. The standard InChI is InChI=1S/C18H10ClF2N3O/c19-10-6-12-11-3-4-22-8-16(11)23-17(12)15(7-10)24-18(25)9-1-2-13(20)14(21)5-9/h1-8,23H,(H,24,25). The first-order chi connectivity index (χ1) is 12.0. The SMILES string of the molecule is O=C(Nc1cc(Cl)cc2c1[nH]c1cnccc12)c1ccc(F)c(F)c1. The second-order valence-electron chi connectivity index (χ2n) is 5.51. The first-order valence-corrected chi connectivity index (χ1v) is 7.72. The number of fused-ring (bicyclic) bond motifs is 3. The number of nitrogens with one attached hydrogen (secondary N) is 2. The molecule has 124 valence electrons. The van der Waals surface area contributed by atoms with Crippen LogP contribution >= 0.6 is 11.6 Å². The zero-order valence-corrected chi connectivity index (χ0v) is 13.4. The molecular weight excluding hydrogens is 348 g/mol. The molecule has 4 aromatic rings. The van der Waals surface area contributed by atoms with Crippen molar-refractivity contribution in [2.24, 2.45) is 0 Å². The van der Waals surface area contributed by atoms with Crippen LogP contribution in [0.2, 0.25) is 5.02 Å². The number of carbonyl (C=O) groups is 1. The first kappa shape index (κ1) is 15.5. The quantitative estimate of drug-likeness (QED) is 0.536. The van der Waals surface area contributed by atoms with E-state index in [4.69, 9.17) is 11.6 Å². The molecule has 0 saturated heterocycles. The lowest BCUT2D eigenvalue weighted by Gasteiger charge is -2.08. The first-order valence-electron chi connectivity index (χ1n) is 7.34. The zero-order valence-electron chi connectivity index (χ0n) is 12.6. The maximum Gasteiger partial charge on any atom is 0.255 e. The number of pyridine rings is 1. The lowest BCUT2D eigenvalue weighted by atomic mass is 10.1. The van der Waals surface area contributed by atoms with Gasteiger partial charge >= 0.3 is 0 Å². The van der Waals surface area contributed by atoms with E-state index in [1.165, 1.54) is 6.07 Å². The summed E-state index contributed by atoms with van der Waals surface area (Å²) >= 11 is 6.17. The zero-order chi connectivity index (χ0) is 17.6. The van der Waals surface area contributed by atoms with E-state index < -0.39 is 17.5 Å². The Hall–Kier alpha value is -2.99. The van der Waals surface area contributed by atoms with Crippen LogP contribution in [0, 0.1) is 11.6 Å². The molecule has 2 N–H and O–H groups in total. The van der Waals surface area contributed by atoms with Crippen molar-refractivity contribution in [1.82, 2.24) is 9.97 Å². The van der Waals surface area contributed by atoms with Gasteiger partial charge in [-0.05, 0) is 36.4 Å².